The van der Waals surface area contributed by atoms with Gasteiger partial charge in [0.2, 0.25) is 0 Å². The zero-order valence-electron chi connectivity index (χ0n) is 12.1. The summed E-state index contributed by atoms with van der Waals surface area (Å²) < 4.78 is 2.17. The van der Waals surface area contributed by atoms with Crippen LogP contribution in [0.5, 0.6) is 0 Å². The molecule has 1 heterocycles. The SMILES string of the molecule is CC(C)c1cccc2nc(-c3cccc(N)c3)n(C)c12. The Morgan fingerprint density at radius 3 is 2.55 bits per heavy atom. The standard InChI is InChI=1S/C17H19N3/c1-11(2)14-8-5-9-15-16(14)20(3)17(19-15)12-6-4-7-13(18)10-12/h4-11H,18H2,1-3H3. The van der Waals surface area contributed by atoms with Crippen molar-refractivity contribution in [2.45, 2.75) is 19.8 Å². The van der Waals surface area contributed by atoms with Gasteiger partial charge < -0.3 is 10.3 Å². The van der Waals surface area contributed by atoms with Crippen LogP contribution in [0.3, 0.4) is 0 Å². The van der Waals surface area contributed by atoms with Gasteiger partial charge in [-0.15, -0.1) is 0 Å². The van der Waals surface area contributed by atoms with E-state index < -0.39 is 0 Å². The monoisotopic (exact) mass is 265 g/mol. The topological polar surface area (TPSA) is 43.8 Å². The average molecular weight is 265 g/mol. The number of nitrogen functional groups attached to an aromatic ring is 1. The molecule has 1 aromatic heterocycles. The number of rotatable bonds is 2. The maximum atomic E-state index is 5.88. The quantitative estimate of drug-likeness (QED) is 0.713. The fourth-order valence-corrected chi connectivity index (χ4v) is 2.70. The zero-order chi connectivity index (χ0) is 14.3. The third kappa shape index (κ3) is 1.95. The summed E-state index contributed by atoms with van der Waals surface area (Å²) in [5.74, 6) is 1.43. The molecular weight excluding hydrogens is 246 g/mol. The largest absolute Gasteiger partial charge is 0.399 e. The van der Waals surface area contributed by atoms with Crippen molar-refractivity contribution in [3.63, 3.8) is 0 Å². The molecule has 2 N–H and O–H groups in total. The Hall–Kier alpha value is -2.29. The van der Waals surface area contributed by atoms with Crippen molar-refractivity contribution in [3.8, 4) is 11.4 Å². The van der Waals surface area contributed by atoms with Gasteiger partial charge in [0.15, 0.2) is 0 Å². The predicted octanol–water partition coefficient (Wildman–Crippen LogP) is 3.95. The van der Waals surface area contributed by atoms with Crippen LogP contribution in [0.25, 0.3) is 22.4 Å². The maximum absolute atomic E-state index is 5.88. The molecule has 2 aromatic carbocycles. The van der Waals surface area contributed by atoms with Gasteiger partial charge in [0.05, 0.1) is 11.0 Å². The molecular formula is C17H19N3. The normalized spacial score (nSPS) is 11.4. The van der Waals surface area contributed by atoms with Crippen LogP contribution in [0.1, 0.15) is 25.3 Å². The second kappa shape index (κ2) is 4.67. The van der Waals surface area contributed by atoms with Gasteiger partial charge in [-0.3, -0.25) is 0 Å². The van der Waals surface area contributed by atoms with E-state index in [4.69, 9.17) is 10.7 Å². The van der Waals surface area contributed by atoms with Crippen molar-refractivity contribution < 1.29 is 0 Å². The Kier molecular flexibility index (Phi) is 2.97. The first-order valence-corrected chi connectivity index (χ1v) is 6.89. The number of nitrogens with zero attached hydrogens (tertiary/aromatic N) is 2. The van der Waals surface area contributed by atoms with Gasteiger partial charge in [-0.25, -0.2) is 4.98 Å². The fourth-order valence-electron chi connectivity index (χ4n) is 2.70. The summed E-state index contributed by atoms with van der Waals surface area (Å²) in [6.07, 6.45) is 0. The first-order chi connectivity index (χ1) is 9.58. The second-order valence-electron chi connectivity index (χ2n) is 5.49. The van der Waals surface area contributed by atoms with Gasteiger partial charge in [0, 0.05) is 18.3 Å². The summed E-state index contributed by atoms with van der Waals surface area (Å²) in [5.41, 5.74) is 11.3. The molecule has 3 nitrogen and oxygen atoms in total. The van der Waals surface area contributed by atoms with Gasteiger partial charge in [-0.1, -0.05) is 38.1 Å². The van der Waals surface area contributed by atoms with Gasteiger partial charge in [-0.2, -0.15) is 0 Å². The fraction of sp³-hybridized carbons (Fsp3) is 0.235. The van der Waals surface area contributed by atoms with Crippen LogP contribution in [0.4, 0.5) is 5.69 Å². The summed E-state index contributed by atoms with van der Waals surface area (Å²) in [6, 6.07) is 14.2. The van der Waals surface area contributed by atoms with Crippen LogP contribution < -0.4 is 5.73 Å². The smallest absolute Gasteiger partial charge is 0.140 e. The molecule has 0 spiro atoms. The van der Waals surface area contributed by atoms with Crippen LogP contribution >= 0.6 is 0 Å². The minimum absolute atomic E-state index is 0.475. The van der Waals surface area contributed by atoms with E-state index in [9.17, 15) is 0 Å². The molecule has 0 atom stereocenters. The van der Waals surface area contributed by atoms with Crippen molar-refractivity contribution in [1.82, 2.24) is 9.55 Å². The van der Waals surface area contributed by atoms with Crippen LogP contribution in [0.15, 0.2) is 42.5 Å². The van der Waals surface area contributed by atoms with Crippen molar-refractivity contribution in [3.05, 3.63) is 48.0 Å². The highest BCUT2D eigenvalue weighted by atomic mass is 15.1. The lowest BCUT2D eigenvalue weighted by molar-refractivity contribution is 0.857. The highest BCUT2D eigenvalue weighted by Crippen LogP contribution is 2.30. The van der Waals surface area contributed by atoms with Crippen molar-refractivity contribution >= 4 is 16.7 Å². The van der Waals surface area contributed by atoms with E-state index in [1.807, 2.05) is 24.3 Å². The van der Waals surface area contributed by atoms with Crippen LogP contribution in [0, 0.1) is 0 Å². The number of imidazole rings is 1. The number of anilines is 1. The van der Waals surface area contributed by atoms with Crippen molar-refractivity contribution in [1.29, 1.82) is 0 Å². The predicted molar refractivity (Wildman–Crippen MR) is 84.7 cm³/mol. The van der Waals surface area contributed by atoms with Crippen molar-refractivity contribution in [2.75, 3.05) is 5.73 Å². The molecule has 0 fully saturated rings. The van der Waals surface area contributed by atoms with E-state index in [2.05, 4.69) is 43.7 Å². The molecule has 20 heavy (non-hydrogen) atoms. The average Bonchev–Trinajstić information content (AvgIpc) is 2.76. The minimum Gasteiger partial charge on any atom is -0.399 e. The second-order valence-corrected chi connectivity index (χ2v) is 5.49. The van der Waals surface area contributed by atoms with Gasteiger partial charge in [-0.05, 0) is 29.7 Å². The highest BCUT2D eigenvalue weighted by Gasteiger charge is 2.14. The molecule has 0 aliphatic rings. The number of aryl methyl sites for hydroxylation is 1. The summed E-state index contributed by atoms with van der Waals surface area (Å²) in [4.78, 5) is 4.77. The summed E-state index contributed by atoms with van der Waals surface area (Å²) in [6.45, 7) is 4.42. The highest BCUT2D eigenvalue weighted by molar-refractivity contribution is 5.84. The number of hydrogen-bond acceptors (Lipinski definition) is 2. The van der Waals surface area contributed by atoms with Crippen LogP contribution in [0.2, 0.25) is 0 Å². The lowest BCUT2D eigenvalue weighted by Crippen LogP contribution is -1.97. The maximum Gasteiger partial charge on any atom is 0.140 e. The molecule has 102 valence electrons. The number of aromatic nitrogens is 2. The molecule has 3 heteroatoms. The summed E-state index contributed by atoms with van der Waals surface area (Å²) in [7, 11) is 2.07. The third-order valence-electron chi connectivity index (χ3n) is 3.69. The van der Waals surface area contributed by atoms with Gasteiger partial charge in [0.25, 0.3) is 0 Å². The minimum atomic E-state index is 0.475. The number of benzene rings is 2. The van der Waals surface area contributed by atoms with E-state index in [0.29, 0.717) is 5.92 Å². The number of para-hydroxylation sites is 1. The lowest BCUT2D eigenvalue weighted by Gasteiger charge is -2.09. The Bertz CT molecular complexity index is 769. The Morgan fingerprint density at radius 2 is 1.85 bits per heavy atom. The van der Waals surface area contributed by atoms with Crippen LogP contribution in [-0.4, -0.2) is 9.55 Å². The molecule has 0 amide bonds. The Morgan fingerprint density at radius 1 is 1.10 bits per heavy atom. The third-order valence-corrected chi connectivity index (χ3v) is 3.69. The molecule has 0 unspecified atom stereocenters. The molecule has 0 saturated heterocycles. The molecule has 0 saturated carbocycles. The molecule has 0 radical (unpaired) electrons. The molecule has 0 bridgehead atoms. The molecule has 3 aromatic rings. The van der Waals surface area contributed by atoms with Crippen molar-refractivity contribution in [2.24, 2.45) is 7.05 Å². The lowest BCUT2D eigenvalue weighted by atomic mass is 10.0. The van der Waals surface area contributed by atoms with Gasteiger partial charge >= 0.3 is 0 Å². The molecule has 0 aliphatic carbocycles. The van der Waals surface area contributed by atoms with E-state index in [1.54, 1.807) is 0 Å². The first-order valence-electron chi connectivity index (χ1n) is 6.89. The van der Waals surface area contributed by atoms with E-state index in [1.165, 1.54) is 11.1 Å². The van der Waals surface area contributed by atoms with Gasteiger partial charge in [0.1, 0.15) is 5.82 Å². The Balaban J connectivity index is 2.29. The molecule has 0 aliphatic heterocycles. The Labute approximate surface area is 119 Å². The van der Waals surface area contributed by atoms with E-state index in [0.717, 1.165) is 22.6 Å². The zero-order valence-corrected chi connectivity index (χ0v) is 12.1. The first kappa shape index (κ1) is 12.7. The van der Waals surface area contributed by atoms with E-state index in [-0.39, 0.29) is 0 Å². The number of nitrogens with two attached hydrogens (primary N) is 1. The summed E-state index contributed by atoms with van der Waals surface area (Å²) in [5, 5.41) is 0. The number of fused-ring (bicyclic) bond motifs is 1. The van der Waals surface area contributed by atoms with E-state index >= 15 is 0 Å². The van der Waals surface area contributed by atoms with Crippen LogP contribution in [-0.2, 0) is 7.05 Å². The molecule has 3 rings (SSSR count). The summed E-state index contributed by atoms with van der Waals surface area (Å²) >= 11 is 0. The number of hydrogen-bond donors (Lipinski definition) is 1.